The number of hydrogen-bond donors (Lipinski definition) is 1. The van der Waals surface area contributed by atoms with E-state index in [2.05, 4.69) is 6.92 Å². The SMILES string of the molecule is C[C@@H](CO)C1CCN(C(=O)OC(C)(C)C)CC1. The van der Waals surface area contributed by atoms with Crippen molar-refractivity contribution in [2.75, 3.05) is 19.7 Å². The molecule has 0 aromatic heterocycles. The van der Waals surface area contributed by atoms with Crippen LogP contribution in [-0.4, -0.2) is 41.4 Å². The van der Waals surface area contributed by atoms with Gasteiger partial charge in [-0.15, -0.1) is 0 Å². The summed E-state index contributed by atoms with van der Waals surface area (Å²) >= 11 is 0. The van der Waals surface area contributed by atoms with Gasteiger partial charge >= 0.3 is 6.09 Å². The number of aliphatic hydroxyl groups excluding tert-OH is 1. The van der Waals surface area contributed by atoms with Crippen LogP contribution in [-0.2, 0) is 4.74 Å². The molecule has 1 rings (SSSR count). The van der Waals surface area contributed by atoms with Gasteiger partial charge in [0.1, 0.15) is 5.60 Å². The number of nitrogens with zero attached hydrogens (tertiary/aromatic N) is 1. The van der Waals surface area contributed by atoms with Gasteiger partial charge < -0.3 is 14.7 Å². The van der Waals surface area contributed by atoms with Crippen molar-refractivity contribution >= 4 is 6.09 Å². The molecule has 0 bridgehead atoms. The van der Waals surface area contributed by atoms with Crippen LogP contribution in [0.1, 0.15) is 40.5 Å². The maximum absolute atomic E-state index is 11.8. The molecular formula is C13H25NO3. The first-order chi connectivity index (χ1) is 7.83. The van der Waals surface area contributed by atoms with E-state index in [9.17, 15) is 4.79 Å². The van der Waals surface area contributed by atoms with Gasteiger partial charge in [0.05, 0.1) is 0 Å². The maximum Gasteiger partial charge on any atom is 0.410 e. The van der Waals surface area contributed by atoms with Gasteiger partial charge in [0.25, 0.3) is 0 Å². The van der Waals surface area contributed by atoms with E-state index in [0.29, 0.717) is 11.8 Å². The third kappa shape index (κ3) is 4.54. The largest absolute Gasteiger partial charge is 0.444 e. The summed E-state index contributed by atoms with van der Waals surface area (Å²) in [6, 6.07) is 0. The summed E-state index contributed by atoms with van der Waals surface area (Å²) in [5.41, 5.74) is -0.424. The third-order valence-electron chi connectivity index (χ3n) is 3.28. The Bertz CT molecular complexity index is 252. The van der Waals surface area contributed by atoms with Gasteiger partial charge in [-0.1, -0.05) is 6.92 Å². The fourth-order valence-electron chi connectivity index (χ4n) is 2.13. The molecule has 0 saturated carbocycles. The molecule has 0 spiro atoms. The molecule has 1 heterocycles. The molecule has 0 radical (unpaired) electrons. The molecular weight excluding hydrogens is 218 g/mol. The molecule has 1 aliphatic heterocycles. The normalized spacial score (nSPS) is 20.2. The second-order valence-corrected chi connectivity index (χ2v) is 5.96. The average molecular weight is 243 g/mol. The maximum atomic E-state index is 11.8. The Kier molecular flexibility index (Phi) is 4.80. The molecule has 1 saturated heterocycles. The summed E-state index contributed by atoms with van der Waals surface area (Å²) in [5, 5.41) is 9.11. The first-order valence-electron chi connectivity index (χ1n) is 6.42. The number of hydrogen-bond acceptors (Lipinski definition) is 3. The molecule has 0 aromatic carbocycles. The fraction of sp³-hybridized carbons (Fsp3) is 0.923. The molecule has 1 amide bonds. The predicted octanol–water partition coefficient (Wildman–Crippen LogP) is 2.26. The van der Waals surface area contributed by atoms with Crippen LogP contribution in [0.15, 0.2) is 0 Å². The second kappa shape index (κ2) is 5.71. The highest BCUT2D eigenvalue weighted by atomic mass is 16.6. The van der Waals surface area contributed by atoms with Gasteiger partial charge in [0, 0.05) is 19.7 Å². The lowest BCUT2D eigenvalue weighted by molar-refractivity contribution is 0.0148. The number of amides is 1. The number of aliphatic hydroxyl groups is 1. The summed E-state index contributed by atoms with van der Waals surface area (Å²) in [6.07, 6.45) is 1.70. The Morgan fingerprint density at radius 1 is 1.41 bits per heavy atom. The summed E-state index contributed by atoms with van der Waals surface area (Å²) < 4.78 is 5.34. The Morgan fingerprint density at radius 2 is 1.94 bits per heavy atom. The first-order valence-corrected chi connectivity index (χ1v) is 6.42. The van der Waals surface area contributed by atoms with Gasteiger partial charge in [-0.25, -0.2) is 4.79 Å². The average Bonchev–Trinajstić information content (AvgIpc) is 2.26. The van der Waals surface area contributed by atoms with E-state index in [0.717, 1.165) is 25.9 Å². The topological polar surface area (TPSA) is 49.8 Å². The summed E-state index contributed by atoms with van der Waals surface area (Å²) in [6.45, 7) is 9.42. The quantitative estimate of drug-likeness (QED) is 0.809. The van der Waals surface area contributed by atoms with E-state index in [1.165, 1.54) is 0 Å². The zero-order valence-corrected chi connectivity index (χ0v) is 11.4. The number of piperidine rings is 1. The molecule has 1 aliphatic rings. The van der Waals surface area contributed by atoms with Crippen molar-refractivity contribution in [2.24, 2.45) is 11.8 Å². The van der Waals surface area contributed by atoms with Gasteiger partial charge in [-0.2, -0.15) is 0 Å². The highest BCUT2D eigenvalue weighted by molar-refractivity contribution is 5.68. The minimum absolute atomic E-state index is 0.215. The molecule has 0 aromatic rings. The van der Waals surface area contributed by atoms with Crippen molar-refractivity contribution in [3.05, 3.63) is 0 Å². The Morgan fingerprint density at radius 3 is 2.35 bits per heavy atom. The van der Waals surface area contributed by atoms with Crippen LogP contribution in [0, 0.1) is 11.8 Å². The summed E-state index contributed by atoms with van der Waals surface area (Å²) in [4.78, 5) is 13.6. The van der Waals surface area contributed by atoms with E-state index in [-0.39, 0.29) is 12.7 Å². The van der Waals surface area contributed by atoms with E-state index in [1.807, 2.05) is 20.8 Å². The number of carbonyl (C=O) groups is 1. The summed E-state index contributed by atoms with van der Waals surface area (Å²) in [7, 11) is 0. The van der Waals surface area contributed by atoms with Crippen LogP contribution in [0.2, 0.25) is 0 Å². The minimum Gasteiger partial charge on any atom is -0.444 e. The Labute approximate surface area is 104 Å². The predicted molar refractivity (Wildman–Crippen MR) is 66.8 cm³/mol. The van der Waals surface area contributed by atoms with E-state index >= 15 is 0 Å². The van der Waals surface area contributed by atoms with E-state index in [1.54, 1.807) is 4.90 Å². The van der Waals surface area contributed by atoms with Crippen LogP contribution in [0.25, 0.3) is 0 Å². The lowest BCUT2D eigenvalue weighted by Crippen LogP contribution is -2.42. The highest BCUT2D eigenvalue weighted by Crippen LogP contribution is 2.25. The van der Waals surface area contributed by atoms with Crippen molar-refractivity contribution in [2.45, 2.75) is 46.1 Å². The van der Waals surface area contributed by atoms with Crippen molar-refractivity contribution < 1.29 is 14.6 Å². The van der Waals surface area contributed by atoms with Gasteiger partial charge in [0.15, 0.2) is 0 Å². The molecule has 0 unspecified atom stereocenters. The monoisotopic (exact) mass is 243 g/mol. The van der Waals surface area contributed by atoms with Crippen molar-refractivity contribution in [3.8, 4) is 0 Å². The number of likely N-dealkylation sites (tertiary alicyclic amines) is 1. The summed E-state index contributed by atoms with van der Waals surface area (Å²) in [5.74, 6) is 0.856. The zero-order valence-electron chi connectivity index (χ0n) is 11.4. The number of ether oxygens (including phenoxy) is 1. The number of carbonyl (C=O) groups excluding carboxylic acids is 1. The van der Waals surface area contributed by atoms with Gasteiger partial charge in [-0.3, -0.25) is 0 Å². The Balaban J connectivity index is 2.39. The second-order valence-electron chi connectivity index (χ2n) is 5.96. The third-order valence-corrected chi connectivity index (χ3v) is 3.28. The molecule has 1 fully saturated rings. The smallest absolute Gasteiger partial charge is 0.410 e. The van der Waals surface area contributed by atoms with Crippen molar-refractivity contribution in [1.82, 2.24) is 4.90 Å². The van der Waals surface area contributed by atoms with Crippen molar-refractivity contribution in [1.29, 1.82) is 0 Å². The van der Waals surface area contributed by atoms with Crippen LogP contribution in [0.5, 0.6) is 0 Å². The molecule has 1 atom stereocenters. The van der Waals surface area contributed by atoms with Crippen molar-refractivity contribution in [3.63, 3.8) is 0 Å². The Hall–Kier alpha value is -0.770. The molecule has 100 valence electrons. The minimum atomic E-state index is -0.424. The lowest BCUT2D eigenvalue weighted by atomic mass is 9.86. The van der Waals surface area contributed by atoms with Gasteiger partial charge in [0.2, 0.25) is 0 Å². The van der Waals surface area contributed by atoms with Gasteiger partial charge in [-0.05, 0) is 45.4 Å². The standard InChI is InChI=1S/C13H25NO3/c1-10(9-15)11-5-7-14(8-6-11)12(16)17-13(2,3)4/h10-11,15H,5-9H2,1-4H3/t10-/m0/s1. The molecule has 17 heavy (non-hydrogen) atoms. The molecule has 4 nitrogen and oxygen atoms in total. The lowest BCUT2D eigenvalue weighted by Gasteiger charge is -2.35. The molecule has 4 heteroatoms. The van der Waals surface area contributed by atoms with Crippen LogP contribution in [0.4, 0.5) is 4.79 Å². The van der Waals surface area contributed by atoms with Crippen LogP contribution < -0.4 is 0 Å². The van der Waals surface area contributed by atoms with E-state index in [4.69, 9.17) is 9.84 Å². The van der Waals surface area contributed by atoms with Crippen LogP contribution in [0.3, 0.4) is 0 Å². The number of rotatable bonds is 2. The highest BCUT2D eigenvalue weighted by Gasteiger charge is 2.28. The molecule has 0 aliphatic carbocycles. The fourth-order valence-corrected chi connectivity index (χ4v) is 2.13. The first kappa shape index (κ1) is 14.3. The zero-order chi connectivity index (χ0) is 13.1. The van der Waals surface area contributed by atoms with Crippen LogP contribution >= 0.6 is 0 Å². The molecule has 1 N–H and O–H groups in total. The van der Waals surface area contributed by atoms with E-state index < -0.39 is 5.60 Å².